The molecular formula is C15H26O5Si. The van der Waals surface area contributed by atoms with E-state index < -0.39 is 14.1 Å². The smallest absolute Gasteiger partial charge is 0.333 e. The first-order valence-electron chi connectivity index (χ1n) is 6.99. The van der Waals surface area contributed by atoms with Crippen LogP contribution in [0.1, 0.15) is 13.3 Å². The first kappa shape index (κ1) is 17.9. The van der Waals surface area contributed by atoms with Crippen molar-refractivity contribution in [2.75, 3.05) is 21.3 Å². The lowest BCUT2D eigenvalue weighted by molar-refractivity contribution is -0.186. The van der Waals surface area contributed by atoms with Crippen LogP contribution in [0.3, 0.4) is 0 Å². The number of hydrogen-bond acceptors (Lipinski definition) is 5. The van der Waals surface area contributed by atoms with Gasteiger partial charge in [0.1, 0.15) is 0 Å². The molecular weight excluding hydrogens is 288 g/mol. The van der Waals surface area contributed by atoms with Crippen LogP contribution in [0.4, 0.5) is 0 Å². The van der Waals surface area contributed by atoms with Crippen molar-refractivity contribution >= 4 is 14.3 Å². The number of methoxy groups -OCH3 is 3. The largest absolute Gasteiger partial charge is 0.496 e. The highest BCUT2D eigenvalue weighted by atomic mass is 28.4. The quantitative estimate of drug-likeness (QED) is 0.444. The topological polar surface area (TPSA) is 54.0 Å². The van der Waals surface area contributed by atoms with Gasteiger partial charge in [-0.15, -0.1) is 0 Å². The minimum atomic E-state index is -1.91. The van der Waals surface area contributed by atoms with Crippen molar-refractivity contribution in [1.82, 2.24) is 0 Å². The minimum absolute atomic E-state index is 0.183. The van der Waals surface area contributed by atoms with Gasteiger partial charge in [0.15, 0.2) is 14.1 Å². The molecule has 0 amide bonds. The lowest BCUT2D eigenvalue weighted by Crippen LogP contribution is -2.50. The summed E-state index contributed by atoms with van der Waals surface area (Å²) in [6.07, 6.45) is 4.11. The predicted molar refractivity (Wildman–Crippen MR) is 83.1 cm³/mol. The van der Waals surface area contributed by atoms with E-state index in [0.717, 1.165) is 0 Å². The average molecular weight is 314 g/mol. The third kappa shape index (κ3) is 3.96. The molecule has 120 valence electrons. The van der Waals surface area contributed by atoms with Crippen LogP contribution in [0.5, 0.6) is 0 Å². The summed E-state index contributed by atoms with van der Waals surface area (Å²) in [5.41, 5.74) is 0.581. The van der Waals surface area contributed by atoms with E-state index in [1.807, 2.05) is 19.1 Å². The van der Waals surface area contributed by atoms with Gasteiger partial charge in [-0.2, -0.15) is 0 Å². The van der Waals surface area contributed by atoms with Crippen LogP contribution in [0.15, 0.2) is 23.5 Å². The van der Waals surface area contributed by atoms with E-state index in [1.165, 1.54) is 7.11 Å². The molecule has 2 atom stereocenters. The highest BCUT2D eigenvalue weighted by molar-refractivity contribution is 6.69. The summed E-state index contributed by atoms with van der Waals surface area (Å²) in [5, 5.41) is 0. The van der Waals surface area contributed by atoms with Crippen molar-refractivity contribution < 1.29 is 23.4 Å². The first-order chi connectivity index (χ1) is 9.70. The van der Waals surface area contributed by atoms with E-state index >= 15 is 0 Å². The number of allylic oxidation sites excluding steroid dienone is 1. The number of ether oxygens (including phenoxy) is 3. The second kappa shape index (κ2) is 6.77. The molecule has 0 N–H and O–H groups in total. The van der Waals surface area contributed by atoms with Gasteiger partial charge < -0.3 is 18.6 Å². The number of esters is 1. The maximum Gasteiger partial charge on any atom is 0.333 e. The molecule has 0 aromatic rings. The normalized spacial score (nSPS) is 26.5. The molecule has 5 nitrogen and oxygen atoms in total. The molecule has 2 unspecified atom stereocenters. The van der Waals surface area contributed by atoms with Crippen LogP contribution in [0.2, 0.25) is 19.6 Å². The van der Waals surface area contributed by atoms with Crippen LogP contribution in [0.25, 0.3) is 0 Å². The van der Waals surface area contributed by atoms with E-state index in [-0.39, 0.29) is 11.9 Å². The summed E-state index contributed by atoms with van der Waals surface area (Å²) in [7, 11) is 2.65. The zero-order chi connectivity index (χ0) is 16.3. The second-order valence-corrected chi connectivity index (χ2v) is 10.5. The molecule has 0 radical (unpaired) electrons. The van der Waals surface area contributed by atoms with Crippen LogP contribution >= 0.6 is 0 Å². The van der Waals surface area contributed by atoms with E-state index in [0.29, 0.717) is 17.8 Å². The fraction of sp³-hybridized carbons (Fsp3) is 0.667. The van der Waals surface area contributed by atoms with Gasteiger partial charge in [-0.05, 0) is 25.7 Å². The molecule has 0 aromatic carbocycles. The molecule has 0 aliphatic heterocycles. The van der Waals surface area contributed by atoms with Gasteiger partial charge in [0.05, 0.1) is 14.2 Å². The number of rotatable bonds is 5. The van der Waals surface area contributed by atoms with Crippen molar-refractivity contribution in [3.05, 3.63) is 23.5 Å². The number of carbonyl (C=O) groups excluding carboxylic acids is 1. The van der Waals surface area contributed by atoms with Crippen LogP contribution in [-0.4, -0.2) is 41.4 Å². The van der Waals surface area contributed by atoms with E-state index in [4.69, 9.17) is 18.6 Å². The first-order valence-corrected chi connectivity index (χ1v) is 10.4. The monoisotopic (exact) mass is 314 g/mol. The maximum atomic E-state index is 11.8. The van der Waals surface area contributed by atoms with E-state index in [2.05, 4.69) is 19.6 Å². The van der Waals surface area contributed by atoms with Crippen molar-refractivity contribution in [2.24, 2.45) is 5.92 Å². The SMILES string of the molecule is COC(=O)C1=CC(C)C(OC)(O[Si](C)(C)C)C(OC)=CC1. The standard InChI is InChI=1S/C15H26O5Si/c1-11-10-12(14(16)18-3)8-9-13(17-2)15(11,19-4)20-21(5,6)7/h9-11H,8H2,1-7H3. The summed E-state index contributed by atoms with van der Waals surface area (Å²) in [4.78, 5) is 11.8. The Hall–Kier alpha value is -1.11. The van der Waals surface area contributed by atoms with E-state index in [9.17, 15) is 4.79 Å². The van der Waals surface area contributed by atoms with Gasteiger partial charge in [-0.25, -0.2) is 4.79 Å². The summed E-state index contributed by atoms with van der Waals surface area (Å²) in [6.45, 7) is 8.21. The third-order valence-electron chi connectivity index (χ3n) is 3.33. The van der Waals surface area contributed by atoms with Crippen molar-refractivity contribution in [1.29, 1.82) is 0 Å². The third-order valence-corrected chi connectivity index (χ3v) is 4.25. The molecule has 1 rings (SSSR count). The van der Waals surface area contributed by atoms with Crippen molar-refractivity contribution in [3.63, 3.8) is 0 Å². The molecule has 0 saturated carbocycles. The van der Waals surface area contributed by atoms with Gasteiger partial charge in [-0.1, -0.05) is 13.0 Å². The molecule has 0 heterocycles. The predicted octanol–water partition coefficient (Wildman–Crippen LogP) is 2.85. The molecule has 1 aliphatic rings. The van der Waals surface area contributed by atoms with Gasteiger partial charge in [0, 0.05) is 25.0 Å². The van der Waals surface area contributed by atoms with Gasteiger partial charge in [0.25, 0.3) is 0 Å². The Balaban J connectivity index is 3.32. The highest BCUT2D eigenvalue weighted by Gasteiger charge is 2.46. The summed E-state index contributed by atoms with van der Waals surface area (Å²) in [6, 6.07) is 0. The Bertz CT molecular complexity index is 449. The molecule has 6 heteroatoms. The summed E-state index contributed by atoms with van der Waals surface area (Å²) in [5.74, 6) is -0.935. The van der Waals surface area contributed by atoms with Crippen LogP contribution in [0, 0.1) is 5.92 Å². The highest BCUT2D eigenvalue weighted by Crippen LogP contribution is 2.38. The Morgan fingerprint density at radius 2 is 1.90 bits per heavy atom. The maximum absolute atomic E-state index is 11.8. The van der Waals surface area contributed by atoms with Gasteiger partial charge in [-0.3, -0.25) is 0 Å². The molecule has 0 bridgehead atoms. The molecule has 1 aliphatic carbocycles. The summed E-state index contributed by atoms with van der Waals surface area (Å²) < 4.78 is 22.4. The Kier molecular flexibility index (Phi) is 5.78. The molecule has 21 heavy (non-hydrogen) atoms. The van der Waals surface area contributed by atoms with Gasteiger partial charge in [0.2, 0.25) is 5.79 Å². The summed E-state index contributed by atoms with van der Waals surface area (Å²) >= 11 is 0. The average Bonchev–Trinajstić information content (AvgIpc) is 2.54. The Morgan fingerprint density at radius 1 is 1.29 bits per heavy atom. The molecule has 0 saturated heterocycles. The fourth-order valence-corrected chi connectivity index (χ4v) is 3.76. The number of carbonyl (C=O) groups is 1. The van der Waals surface area contributed by atoms with Crippen molar-refractivity contribution in [3.8, 4) is 0 Å². The van der Waals surface area contributed by atoms with Crippen LogP contribution < -0.4 is 0 Å². The lowest BCUT2D eigenvalue weighted by atomic mass is 9.98. The zero-order valence-electron chi connectivity index (χ0n) is 14.0. The molecule has 0 fully saturated rings. The van der Waals surface area contributed by atoms with E-state index in [1.54, 1.807) is 14.2 Å². The zero-order valence-corrected chi connectivity index (χ0v) is 15.0. The second-order valence-electron chi connectivity index (χ2n) is 6.03. The van der Waals surface area contributed by atoms with Gasteiger partial charge >= 0.3 is 5.97 Å². The minimum Gasteiger partial charge on any atom is -0.496 e. The molecule has 0 spiro atoms. The molecule has 0 aromatic heterocycles. The Labute approximate surface area is 128 Å². The van der Waals surface area contributed by atoms with Crippen molar-refractivity contribution in [2.45, 2.75) is 38.8 Å². The number of hydrogen-bond donors (Lipinski definition) is 0. The Morgan fingerprint density at radius 3 is 2.33 bits per heavy atom. The fourth-order valence-electron chi connectivity index (χ4n) is 2.48. The van der Waals surface area contributed by atoms with Crippen LogP contribution in [-0.2, 0) is 23.4 Å². The lowest BCUT2D eigenvalue weighted by Gasteiger charge is -2.41.